The number of aromatic nitrogens is 5. The average molecular weight is 227 g/mol. The van der Waals surface area contributed by atoms with Gasteiger partial charge in [0.1, 0.15) is 0 Å². The molecule has 0 aliphatic carbocycles. The Morgan fingerprint density at radius 3 is 2.76 bits per heavy atom. The summed E-state index contributed by atoms with van der Waals surface area (Å²) in [4.78, 5) is 4.25. The van der Waals surface area contributed by atoms with Gasteiger partial charge in [0.05, 0.1) is 23.7 Å². The van der Waals surface area contributed by atoms with E-state index in [1.165, 1.54) is 0 Å². The number of rotatable bonds is 3. The zero-order valence-electron chi connectivity index (χ0n) is 8.79. The highest BCUT2D eigenvalue weighted by Crippen LogP contribution is 2.28. The summed E-state index contributed by atoms with van der Waals surface area (Å²) < 4.78 is 5.57. The molecule has 3 aromatic heterocycles. The Morgan fingerprint density at radius 2 is 2.00 bits per heavy atom. The molecule has 0 spiro atoms. The van der Waals surface area contributed by atoms with Crippen molar-refractivity contribution in [2.24, 2.45) is 0 Å². The lowest BCUT2D eigenvalue weighted by molar-refractivity contribution is 0.443. The molecule has 0 aliphatic rings. The van der Waals surface area contributed by atoms with Crippen molar-refractivity contribution in [1.82, 2.24) is 25.4 Å². The van der Waals surface area contributed by atoms with Gasteiger partial charge in [-0.05, 0) is 12.1 Å². The average Bonchev–Trinajstić information content (AvgIpc) is 3.02. The van der Waals surface area contributed by atoms with Crippen LogP contribution in [0.2, 0.25) is 0 Å². The molecule has 2 N–H and O–H groups in total. The smallest absolute Gasteiger partial charge is 0.226 e. The van der Waals surface area contributed by atoms with Crippen molar-refractivity contribution in [1.29, 1.82) is 0 Å². The molecule has 0 bridgehead atoms. The van der Waals surface area contributed by atoms with Crippen molar-refractivity contribution in [2.45, 2.75) is 0 Å². The van der Waals surface area contributed by atoms with E-state index in [-0.39, 0.29) is 0 Å². The van der Waals surface area contributed by atoms with E-state index < -0.39 is 0 Å². The maximum Gasteiger partial charge on any atom is 0.226 e. The van der Waals surface area contributed by atoms with Crippen molar-refractivity contribution in [3.05, 3.63) is 42.9 Å². The molecule has 0 radical (unpaired) electrons. The Labute approximate surface area is 96.7 Å². The topological polar surface area (TPSA) is 79.5 Å². The molecule has 6 nitrogen and oxygen atoms in total. The largest absolute Gasteiger partial charge is 0.421 e. The van der Waals surface area contributed by atoms with Gasteiger partial charge < -0.3 is 4.74 Å². The van der Waals surface area contributed by atoms with E-state index in [9.17, 15) is 0 Å². The zero-order chi connectivity index (χ0) is 11.5. The van der Waals surface area contributed by atoms with Crippen LogP contribution in [0.4, 0.5) is 0 Å². The van der Waals surface area contributed by atoms with E-state index in [0.29, 0.717) is 11.8 Å². The van der Waals surface area contributed by atoms with Crippen molar-refractivity contribution in [2.75, 3.05) is 0 Å². The highest BCUT2D eigenvalue weighted by Gasteiger charge is 2.10. The van der Waals surface area contributed by atoms with Gasteiger partial charge in [-0.25, -0.2) is 10.2 Å². The van der Waals surface area contributed by atoms with Crippen LogP contribution >= 0.6 is 0 Å². The fraction of sp³-hybridized carbons (Fsp3) is 0. The summed E-state index contributed by atoms with van der Waals surface area (Å²) in [7, 11) is 0. The third-order valence-electron chi connectivity index (χ3n) is 2.23. The normalized spacial score (nSPS) is 10.4. The Kier molecular flexibility index (Phi) is 2.31. The van der Waals surface area contributed by atoms with Crippen molar-refractivity contribution in [3.63, 3.8) is 0 Å². The second-order valence-electron chi connectivity index (χ2n) is 3.35. The molecule has 0 aliphatic heterocycles. The van der Waals surface area contributed by atoms with Crippen LogP contribution in [0.25, 0.3) is 11.3 Å². The summed E-state index contributed by atoms with van der Waals surface area (Å²) in [5.74, 6) is 1.08. The molecule has 0 atom stereocenters. The number of aromatic amines is 2. The quantitative estimate of drug-likeness (QED) is 0.717. The number of hydrogen-bond acceptors (Lipinski definition) is 4. The summed E-state index contributed by atoms with van der Waals surface area (Å²) in [6, 6.07) is 7.39. The standard InChI is InChI=1S/C11H9N5O/c1-2-5-12-9(3-1)8-7-14-16-11(8)17-10-4-6-13-15-10/h1-7H,(H,13,15)(H,14,16). The monoisotopic (exact) mass is 227 g/mol. The van der Waals surface area contributed by atoms with E-state index >= 15 is 0 Å². The summed E-state index contributed by atoms with van der Waals surface area (Å²) >= 11 is 0. The van der Waals surface area contributed by atoms with Crippen LogP contribution < -0.4 is 4.74 Å². The van der Waals surface area contributed by atoms with Gasteiger partial charge in [-0.3, -0.25) is 4.98 Å². The lowest BCUT2D eigenvalue weighted by Gasteiger charge is -2.02. The minimum Gasteiger partial charge on any atom is -0.421 e. The first-order chi connectivity index (χ1) is 8.43. The van der Waals surface area contributed by atoms with Gasteiger partial charge >= 0.3 is 0 Å². The number of ether oxygens (including phenoxy) is 1. The Balaban J connectivity index is 1.95. The van der Waals surface area contributed by atoms with Crippen LogP contribution in [0.3, 0.4) is 0 Å². The van der Waals surface area contributed by atoms with Crippen LogP contribution in [-0.4, -0.2) is 25.4 Å². The molecule has 17 heavy (non-hydrogen) atoms. The summed E-state index contributed by atoms with van der Waals surface area (Å²) in [5, 5.41) is 13.3. The predicted molar refractivity (Wildman–Crippen MR) is 60.5 cm³/mol. The van der Waals surface area contributed by atoms with Crippen LogP contribution in [-0.2, 0) is 0 Å². The SMILES string of the molecule is c1ccc(-c2cn[nH]c2Oc2ccn[nH]2)nc1. The van der Waals surface area contributed by atoms with Gasteiger partial charge in [0.25, 0.3) is 0 Å². The highest BCUT2D eigenvalue weighted by molar-refractivity contribution is 5.64. The lowest BCUT2D eigenvalue weighted by atomic mass is 10.2. The van der Waals surface area contributed by atoms with Gasteiger partial charge in [0.2, 0.25) is 11.8 Å². The summed E-state index contributed by atoms with van der Waals surface area (Å²) in [6.07, 6.45) is 5.02. The molecule has 0 unspecified atom stereocenters. The van der Waals surface area contributed by atoms with Gasteiger partial charge in [-0.15, -0.1) is 0 Å². The van der Waals surface area contributed by atoms with Crippen LogP contribution in [0.15, 0.2) is 42.9 Å². The van der Waals surface area contributed by atoms with Crippen LogP contribution in [0.5, 0.6) is 11.8 Å². The van der Waals surface area contributed by atoms with Crippen LogP contribution in [0, 0.1) is 0 Å². The molecule has 3 heterocycles. The third kappa shape index (κ3) is 1.87. The van der Waals surface area contributed by atoms with E-state index in [0.717, 1.165) is 11.3 Å². The van der Waals surface area contributed by atoms with Gasteiger partial charge in [0, 0.05) is 12.3 Å². The second-order valence-corrected chi connectivity index (χ2v) is 3.35. The molecular formula is C11H9N5O. The number of H-pyrrole nitrogens is 2. The highest BCUT2D eigenvalue weighted by atomic mass is 16.5. The van der Waals surface area contributed by atoms with Crippen molar-refractivity contribution in [3.8, 4) is 23.0 Å². The first-order valence-electron chi connectivity index (χ1n) is 5.05. The predicted octanol–water partition coefficient (Wildman–Crippen LogP) is 1.99. The molecule has 0 saturated heterocycles. The molecule has 3 aromatic rings. The van der Waals surface area contributed by atoms with Crippen molar-refractivity contribution >= 4 is 0 Å². The molecular weight excluding hydrogens is 218 g/mol. The number of pyridine rings is 1. The molecule has 0 fully saturated rings. The lowest BCUT2D eigenvalue weighted by Crippen LogP contribution is -1.88. The van der Waals surface area contributed by atoms with E-state index in [2.05, 4.69) is 25.4 Å². The maximum atomic E-state index is 5.57. The van der Waals surface area contributed by atoms with Crippen LogP contribution in [0.1, 0.15) is 0 Å². The number of nitrogens with zero attached hydrogens (tertiary/aromatic N) is 3. The van der Waals surface area contributed by atoms with E-state index in [1.54, 1.807) is 24.7 Å². The Hall–Kier alpha value is -2.63. The van der Waals surface area contributed by atoms with Gasteiger partial charge in [-0.2, -0.15) is 10.2 Å². The number of nitrogens with one attached hydrogen (secondary N) is 2. The fourth-order valence-electron chi connectivity index (χ4n) is 1.47. The molecule has 6 heteroatoms. The molecule has 0 amide bonds. The van der Waals surface area contributed by atoms with Crippen molar-refractivity contribution < 1.29 is 4.74 Å². The van der Waals surface area contributed by atoms with E-state index in [1.807, 2.05) is 18.2 Å². The van der Waals surface area contributed by atoms with Gasteiger partial charge in [-0.1, -0.05) is 6.07 Å². The fourth-order valence-corrected chi connectivity index (χ4v) is 1.47. The Bertz CT molecular complexity index is 587. The maximum absolute atomic E-state index is 5.57. The second kappa shape index (κ2) is 4.09. The first-order valence-corrected chi connectivity index (χ1v) is 5.05. The molecule has 3 rings (SSSR count). The Morgan fingerprint density at radius 1 is 1.00 bits per heavy atom. The summed E-state index contributed by atoms with van der Waals surface area (Å²) in [5.41, 5.74) is 1.61. The minimum absolute atomic E-state index is 0.535. The molecule has 0 saturated carbocycles. The first kappa shape index (κ1) is 9.59. The minimum atomic E-state index is 0.535. The van der Waals surface area contributed by atoms with Gasteiger partial charge in [0.15, 0.2) is 0 Å². The zero-order valence-corrected chi connectivity index (χ0v) is 8.79. The third-order valence-corrected chi connectivity index (χ3v) is 2.23. The molecule has 84 valence electrons. The van der Waals surface area contributed by atoms with E-state index in [4.69, 9.17) is 4.74 Å². The number of hydrogen-bond donors (Lipinski definition) is 2. The molecule has 0 aromatic carbocycles. The summed E-state index contributed by atoms with van der Waals surface area (Å²) in [6.45, 7) is 0.